The maximum absolute atomic E-state index is 10.8. The van der Waals surface area contributed by atoms with E-state index in [4.69, 9.17) is 16.2 Å². The molecule has 0 aliphatic carbocycles. The van der Waals surface area contributed by atoms with Crippen LogP contribution in [0.1, 0.15) is 31.9 Å². The lowest BCUT2D eigenvalue weighted by atomic mass is 10.1. The lowest BCUT2D eigenvalue weighted by Gasteiger charge is -2.00. The number of nitrogens with zero attached hydrogens (tertiary/aromatic N) is 1. The highest BCUT2D eigenvalue weighted by atomic mass is 32.1. The Hall–Kier alpha value is -1.82. The van der Waals surface area contributed by atoms with E-state index >= 15 is 0 Å². The third-order valence-electron chi connectivity index (χ3n) is 2.85. The summed E-state index contributed by atoms with van der Waals surface area (Å²) in [5.74, 6) is 0. The molecule has 2 heterocycles. The average Bonchev–Trinajstić information content (AvgIpc) is 2.66. The van der Waals surface area contributed by atoms with Gasteiger partial charge in [-0.25, -0.2) is 9.78 Å². The second-order valence-corrected chi connectivity index (χ2v) is 5.30. The summed E-state index contributed by atoms with van der Waals surface area (Å²) >= 11 is 1.25. The molecular formula is C13H17N3O2S. The van der Waals surface area contributed by atoms with Crippen molar-refractivity contribution in [3.63, 3.8) is 0 Å². The Labute approximate surface area is 115 Å². The molecule has 0 saturated carbocycles. The van der Waals surface area contributed by atoms with Crippen LogP contribution in [0, 0.1) is 0 Å². The minimum absolute atomic E-state index is 0.320. The van der Waals surface area contributed by atoms with Crippen LogP contribution in [-0.2, 0) is 6.42 Å². The monoisotopic (exact) mass is 279 g/mol. The van der Waals surface area contributed by atoms with E-state index < -0.39 is 6.09 Å². The largest absolute Gasteiger partial charge is 0.410 e. The Bertz CT molecular complexity index is 595. The van der Waals surface area contributed by atoms with E-state index in [9.17, 15) is 4.79 Å². The molecule has 4 N–H and O–H groups in total. The number of pyridine rings is 1. The van der Waals surface area contributed by atoms with E-state index in [1.54, 1.807) is 0 Å². The molecule has 6 heteroatoms. The fraction of sp³-hybridized carbons (Fsp3) is 0.385. The Morgan fingerprint density at radius 1 is 1.42 bits per heavy atom. The number of hydrogen-bond acceptors (Lipinski definition) is 5. The van der Waals surface area contributed by atoms with Gasteiger partial charge in [0.05, 0.1) is 5.69 Å². The number of hydrogen-bond donors (Lipinski definition) is 2. The van der Waals surface area contributed by atoms with E-state index in [1.165, 1.54) is 24.2 Å². The molecule has 5 nitrogen and oxygen atoms in total. The number of carbonyl (C=O) groups excluding carboxylic acids is 1. The molecule has 0 radical (unpaired) electrons. The number of rotatable bonds is 5. The van der Waals surface area contributed by atoms with E-state index in [2.05, 4.69) is 11.9 Å². The van der Waals surface area contributed by atoms with Gasteiger partial charge >= 0.3 is 6.09 Å². The zero-order valence-electron chi connectivity index (χ0n) is 10.8. The average molecular weight is 279 g/mol. The molecule has 0 atom stereocenters. The number of amides is 1. The Morgan fingerprint density at radius 2 is 2.21 bits per heavy atom. The highest BCUT2D eigenvalue weighted by Crippen LogP contribution is 2.39. The highest BCUT2D eigenvalue weighted by molar-refractivity contribution is 7.21. The molecule has 2 aromatic heterocycles. The fourth-order valence-electron chi connectivity index (χ4n) is 1.88. The van der Waals surface area contributed by atoms with Crippen LogP contribution in [0.5, 0.6) is 5.06 Å². The van der Waals surface area contributed by atoms with Crippen molar-refractivity contribution in [2.45, 2.75) is 32.6 Å². The molecule has 0 fully saturated rings. The summed E-state index contributed by atoms with van der Waals surface area (Å²) in [6.45, 7) is 2.17. The highest BCUT2D eigenvalue weighted by Gasteiger charge is 2.14. The fourth-order valence-corrected chi connectivity index (χ4v) is 2.85. The first kappa shape index (κ1) is 13.6. The standard InChI is InChI=1S/C13H17N3O2S/c1-2-3-4-5-8-6-7-9-10(14)12(18-13(15)17)19-11(9)16-8/h6-7H,2-5,14H2,1H3,(H2,15,17). The summed E-state index contributed by atoms with van der Waals surface area (Å²) in [6.07, 6.45) is 3.60. The van der Waals surface area contributed by atoms with Gasteiger partial charge in [-0.15, -0.1) is 0 Å². The van der Waals surface area contributed by atoms with E-state index in [0.29, 0.717) is 10.8 Å². The van der Waals surface area contributed by atoms with Crippen molar-refractivity contribution in [3.8, 4) is 5.06 Å². The molecule has 0 bridgehead atoms. The summed E-state index contributed by atoms with van der Waals surface area (Å²) in [5, 5.41) is 1.13. The second-order valence-electron chi connectivity index (χ2n) is 4.34. The van der Waals surface area contributed by atoms with Crippen LogP contribution in [0.15, 0.2) is 12.1 Å². The van der Waals surface area contributed by atoms with Crippen LogP contribution in [0.25, 0.3) is 10.2 Å². The number of nitrogens with two attached hydrogens (primary N) is 2. The summed E-state index contributed by atoms with van der Waals surface area (Å²) in [5.41, 5.74) is 12.3. The van der Waals surface area contributed by atoms with Gasteiger partial charge in [0.1, 0.15) is 4.83 Å². The van der Waals surface area contributed by atoms with Gasteiger partial charge < -0.3 is 16.2 Å². The Morgan fingerprint density at radius 3 is 2.89 bits per heavy atom. The molecule has 0 unspecified atom stereocenters. The van der Waals surface area contributed by atoms with Crippen LogP contribution in [-0.4, -0.2) is 11.1 Å². The van der Waals surface area contributed by atoms with Gasteiger partial charge in [0, 0.05) is 11.1 Å². The quantitative estimate of drug-likeness (QED) is 0.823. The molecule has 0 saturated heterocycles. The number of ether oxygens (including phenoxy) is 1. The van der Waals surface area contributed by atoms with Crippen molar-refractivity contribution < 1.29 is 9.53 Å². The number of carbonyl (C=O) groups is 1. The van der Waals surface area contributed by atoms with Crippen molar-refractivity contribution in [3.05, 3.63) is 17.8 Å². The second kappa shape index (κ2) is 5.88. The van der Waals surface area contributed by atoms with Crippen molar-refractivity contribution in [2.24, 2.45) is 5.73 Å². The number of unbranched alkanes of at least 4 members (excludes halogenated alkanes) is 2. The molecular weight excluding hydrogens is 262 g/mol. The number of anilines is 1. The Kier molecular flexibility index (Phi) is 4.21. The topological polar surface area (TPSA) is 91.2 Å². The number of aromatic nitrogens is 1. The minimum Gasteiger partial charge on any atom is -0.397 e. The van der Waals surface area contributed by atoms with Crippen molar-refractivity contribution in [1.82, 2.24) is 4.98 Å². The Balaban J connectivity index is 2.25. The van der Waals surface area contributed by atoms with E-state index in [-0.39, 0.29) is 0 Å². The van der Waals surface area contributed by atoms with E-state index in [1.807, 2.05) is 12.1 Å². The van der Waals surface area contributed by atoms with Crippen LogP contribution >= 0.6 is 11.3 Å². The van der Waals surface area contributed by atoms with Crippen molar-refractivity contribution in [2.75, 3.05) is 5.73 Å². The van der Waals surface area contributed by atoms with Crippen molar-refractivity contribution in [1.29, 1.82) is 0 Å². The summed E-state index contributed by atoms with van der Waals surface area (Å²) in [7, 11) is 0. The predicted molar refractivity (Wildman–Crippen MR) is 77.5 cm³/mol. The number of fused-ring (bicyclic) bond motifs is 1. The smallest absolute Gasteiger partial charge is 0.397 e. The van der Waals surface area contributed by atoms with E-state index in [0.717, 1.165) is 28.8 Å². The molecule has 19 heavy (non-hydrogen) atoms. The summed E-state index contributed by atoms with van der Waals surface area (Å²) in [6, 6.07) is 3.89. The maximum Gasteiger partial charge on any atom is 0.410 e. The third-order valence-corrected chi connectivity index (χ3v) is 3.84. The first-order valence-electron chi connectivity index (χ1n) is 6.27. The molecule has 0 spiro atoms. The number of thiophene rings is 1. The number of nitrogen functional groups attached to an aromatic ring is 1. The molecule has 2 aromatic rings. The van der Waals surface area contributed by atoms with Gasteiger partial charge in [0.25, 0.3) is 0 Å². The van der Waals surface area contributed by atoms with Gasteiger partial charge in [-0.2, -0.15) is 0 Å². The van der Waals surface area contributed by atoms with Gasteiger partial charge in [0.2, 0.25) is 5.06 Å². The minimum atomic E-state index is -0.860. The van der Waals surface area contributed by atoms with Crippen LogP contribution in [0.3, 0.4) is 0 Å². The predicted octanol–water partition coefficient (Wildman–Crippen LogP) is 3.07. The zero-order chi connectivity index (χ0) is 13.8. The first-order chi connectivity index (χ1) is 9.11. The molecule has 1 amide bonds. The lowest BCUT2D eigenvalue weighted by molar-refractivity contribution is 0.212. The molecule has 102 valence electrons. The van der Waals surface area contributed by atoms with Crippen LogP contribution in [0.4, 0.5) is 10.5 Å². The van der Waals surface area contributed by atoms with Crippen LogP contribution in [0.2, 0.25) is 0 Å². The molecule has 0 aromatic carbocycles. The normalized spacial score (nSPS) is 10.8. The van der Waals surface area contributed by atoms with Gasteiger partial charge in [-0.05, 0) is 25.0 Å². The molecule has 0 aliphatic rings. The lowest BCUT2D eigenvalue weighted by Crippen LogP contribution is -2.16. The summed E-state index contributed by atoms with van der Waals surface area (Å²) in [4.78, 5) is 16.1. The number of primary amides is 1. The molecule has 0 aliphatic heterocycles. The number of aryl methyl sites for hydroxylation is 1. The summed E-state index contributed by atoms with van der Waals surface area (Å²) < 4.78 is 4.86. The zero-order valence-corrected chi connectivity index (χ0v) is 11.6. The van der Waals surface area contributed by atoms with Gasteiger partial charge in [-0.1, -0.05) is 31.1 Å². The third kappa shape index (κ3) is 3.14. The maximum atomic E-state index is 10.8. The molecule has 2 rings (SSSR count). The van der Waals surface area contributed by atoms with Gasteiger partial charge in [-0.3, -0.25) is 0 Å². The van der Waals surface area contributed by atoms with Crippen molar-refractivity contribution >= 4 is 33.3 Å². The van der Waals surface area contributed by atoms with Crippen LogP contribution < -0.4 is 16.2 Å². The van der Waals surface area contributed by atoms with Gasteiger partial charge in [0.15, 0.2) is 0 Å². The SMILES string of the molecule is CCCCCc1ccc2c(N)c(OC(N)=O)sc2n1. The first-order valence-corrected chi connectivity index (χ1v) is 7.08.